The molecule has 204 valence electrons. The van der Waals surface area contributed by atoms with Gasteiger partial charge in [0.1, 0.15) is 0 Å². The van der Waals surface area contributed by atoms with Crippen LogP contribution >= 0.6 is 0 Å². The number of fused-ring (bicyclic) bond motifs is 1. The molecule has 2 amide bonds. The van der Waals surface area contributed by atoms with Crippen LogP contribution in [0.3, 0.4) is 0 Å². The summed E-state index contributed by atoms with van der Waals surface area (Å²) in [6, 6.07) is 4.58. The molecule has 9 heteroatoms. The zero-order chi connectivity index (χ0) is 25.9. The minimum Gasteiger partial charge on any atom is -0.463 e. The van der Waals surface area contributed by atoms with Crippen molar-refractivity contribution in [3.8, 4) is 11.5 Å². The Morgan fingerprint density at radius 2 is 1.71 bits per heavy atom. The van der Waals surface area contributed by atoms with Crippen LogP contribution in [-0.2, 0) is 9.53 Å². The molecule has 38 heavy (non-hydrogen) atoms. The second-order valence-corrected chi connectivity index (χ2v) is 12.2. The lowest BCUT2D eigenvalue weighted by atomic mass is 9.52. The number of nitrogens with zero attached hydrogens (tertiary/aromatic N) is 2. The summed E-state index contributed by atoms with van der Waals surface area (Å²) in [7, 11) is 0. The Labute approximate surface area is 223 Å². The van der Waals surface area contributed by atoms with E-state index in [1.807, 2.05) is 18.2 Å². The van der Waals surface area contributed by atoms with Gasteiger partial charge in [-0.2, -0.15) is 0 Å². The Morgan fingerprint density at radius 1 is 1.03 bits per heavy atom. The van der Waals surface area contributed by atoms with E-state index < -0.39 is 12.0 Å². The minimum absolute atomic E-state index is 0.165. The first-order chi connectivity index (χ1) is 18.5. The average molecular weight is 523 g/mol. The number of esters is 1. The molecule has 2 N–H and O–H groups in total. The van der Waals surface area contributed by atoms with Crippen LogP contribution in [0, 0.1) is 17.8 Å². The zero-order valence-electron chi connectivity index (χ0n) is 22.2. The number of urea groups is 1. The van der Waals surface area contributed by atoms with Crippen LogP contribution in [-0.4, -0.2) is 73.5 Å². The first-order valence-electron chi connectivity index (χ1n) is 14.3. The number of piperazine rings is 1. The van der Waals surface area contributed by atoms with E-state index >= 15 is 0 Å². The summed E-state index contributed by atoms with van der Waals surface area (Å²) in [5.74, 6) is 3.68. The van der Waals surface area contributed by atoms with Crippen LogP contribution in [0.25, 0.3) is 0 Å². The van der Waals surface area contributed by atoms with Crippen molar-refractivity contribution in [3.63, 3.8) is 0 Å². The highest BCUT2D eigenvalue weighted by atomic mass is 16.7. The monoisotopic (exact) mass is 522 g/mol. The van der Waals surface area contributed by atoms with Crippen LogP contribution in [0.15, 0.2) is 29.5 Å². The van der Waals surface area contributed by atoms with Crippen LogP contribution in [0.1, 0.15) is 57.1 Å². The quantitative estimate of drug-likeness (QED) is 0.555. The molecule has 5 fully saturated rings. The number of hydrogen-bond acceptors (Lipinski definition) is 7. The maximum Gasteiger partial charge on any atom is 0.338 e. The summed E-state index contributed by atoms with van der Waals surface area (Å²) in [5.41, 5.74) is 2.26. The number of nitrogens with one attached hydrogen (secondary N) is 2. The number of carbonyl (C=O) groups excluding carboxylic acids is 2. The number of hydrogen-bond donors (Lipinski definition) is 2. The van der Waals surface area contributed by atoms with Crippen molar-refractivity contribution in [2.45, 2.75) is 57.0 Å². The van der Waals surface area contributed by atoms with Gasteiger partial charge in [0.05, 0.1) is 18.2 Å². The first kappa shape index (κ1) is 24.3. The molecule has 0 radical (unpaired) electrons. The van der Waals surface area contributed by atoms with E-state index in [1.165, 1.54) is 38.5 Å². The van der Waals surface area contributed by atoms with Gasteiger partial charge in [-0.15, -0.1) is 0 Å². The number of ether oxygens (including phenoxy) is 3. The predicted octanol–water partition coefficient (Wildman–Crippen LogP) is 3.17. The Kier molecular flexibility index (Phi) is 6.04. The molecule has 1 saturated heterocycles. The van der Waals surface area contributed by atoms with Gasteiger partial charge in [0, 0.05) is 44.0 Å². The van der Waals surface area contributed by atoms with E-state index in [0.717, 1.165) is 49.5 Å². The fraction of sp³-hybridized carbons (Fsp3) is 0.655. The summed E-state index contributed by atoms with van der Waals surface area (Å²) in [5, 5.41) is 5.87. The van der Waals surface area contributed by atoms with Gasteiger partial charge in [-0.1, -0.05) is 6.07 Å². The minimum atomic E-state index is -0.624. The van der Waals surface area contributed by atoms with Crippen molar-refractivity contribution >= 4 is 12.0 Å². The SMILES string of the molecule is CCOC(=O)C1=C(CN2CCN(C34CC5CC(CC(C5)C3)C4)CC2)NC(=O)N[C@H]1c1ccc2c(c1)OCO2. The molecular formula is C29H38N4O5. The van der Waals surface area contributed by atoms with Gasteiger partial charge in [-0.3, -0.25) is 9.80 Å². The summed E-state index contributed by atoms with van der Waals surface area (Å²) in [4.78, 5) is 31.2. The second-order valence-electron chi connectivity index (χ2n) is 12.2. The normalized spacial score (nSPS) is 34.3. The Balaban J connectivity index is 1.10. The van der Waals surface area contributed by atoms with E-state index in [-0.39, 0.29) is 19.4 Å². The predicted molar refractivity (Wildman–Crippen MR) is 140 cm³/mol. The molecule has 3 aliphatic heterocycles. The topological polar surface area (TPSA) is 92.4 Å². The van der Waals surface area contributed by atoms with Crippen molar-refractivity contribution in [2.75, 3.05) is 46.1 Å². The summed E-state index contributed by atoms with van der Waals surface area (Å²) < 4.78 is 16.5. The van der Waals surface area contributed by atoms with Gasteiger partial charge >= 0.3 is 12.0 Å². The van der Waals surface area contributed by atoms with Crippen molar-refractivity contribution in [2.24, 2.45) is 17.8 Å². The van der Waals surface area contributed by atoms with E-state index in [1.54, 1.807) is 6.92 Å². The average Bonchev–Trinajstić information content (AvgIpc) is 3.36. The standard InChI is InChI=1S/C29H38N4O5/c1-2-36-27(34)25-22(30-28(35)31-26(25)21-3-4-23-24(12-21)38-17-37-23)16-32-5-7-33(8-6-32)29-13-18-9-19(14-29)11-20(10-18)15-29/h3-4,12,18-20,26H,2,5-11,13-17H2,1H3,(H2,30,31,35)/t18?,19?,20?,26-,29?/m0/s1. The van der Waals surface area contributed by atoms with Gasteiger partial charge in [0.25, 0.3) is 0 Å². The Morgan fingerprint density at radius 3 is 2.39 bits per heavy atom. The molecule has 7 aliphatic rings. The van der Waals surface area contributed by atoms with Crippen molar-refractivity contribution in [1.82, 2.24) is 20.4 Å². The fourth-order valence-corrected chi connectivity index (χ4v) is 8.59. The molecule has 4 bridgehead atoms. The van der Waals surface area contributed by atoms with Crippen molar-refractivity contribution in [3.05, 3.63) is 35.0 Å². The third kappa shape index (κ3) is 4.24. The molecule has 1 aromatic rings. The van der Waals surface area contributed by atoms with Gasteiger partial charge < -0.3 is 24.8 Å². The molecule has 3 heterocycles. The molecule has 4 aliphatic carbocycles. The highest BCUT2D eigenvalue weighted by Gasteiger charge is 2.53. The van der Waals surface area contributed by atoms with E-state index in [0.29, 0.717) is 34.9 Å². The van der Waals surface area contributed by atoms with E-state index in [2.05, 4.69) is 20.4 Å². The number of carbonyl (C=O) groups is 2. The lowest BCUT2D eigenvalue weighted by Gasteiger charge is -2.61. The molecule has 0 aromatic heterocycles. The largest absolute Gasteiger partial charge is 0.463 e. The van der Waals surface area contributed by atoms with Gasteiger partial charge in [0.2, 0.25) is 6.79 Å². The molecule has 0 spiro atoms. The lowest BCUT2D eigenvalue weighted by molar-refractivity contribution is -0.139. The molecule has 9 nitrogen and oxygen atoms in total. The smallest absolute Gasteiger partial charge is 0.338 e. The molecular weight excluding hydrogens is 484 g/mol. The number of amides is 2. The molecule has 8 rings (SSSR count). The van der Waals surface area contributed by atoms with Gasteiger partial charge in [0.15, 0.2) is 11.5 Å². The van der Waals surface area contributed by atoms with Crippen LogP contribution in [0.2, 0.25) is 0 Å². The number of rotatable bonds is 6. The maximum atomic E-state index is 13.2. The molecule has 1 atom stereocenters. The lowest BCUT2D eigenvalue weighted by Crippen LogP contribution is -2.64. The van der Waals surface area contributed by atoms with Gasteiger partial charge in [-0.25, -0.2) is 9.59 Å². The summed E-state index contributed by atoms with van der Waals surface area (Å²) in [6.07, 6.45) is 8.54. The zero-order valence-corrected chi connectivity index (χ0v) is 22.2. The van der Waals surface area contributed by atoms with Gasteiger partial charge in [-0.05, 0) is 80.9 Å². The van der Waals surface area contributed by atoms with Crippen LogP contribution in [0.5, 0.6) is 11.5 Å². The Hall–Kier alpha value is -2.78. The fourth-order valence-electron chi connectivity index (χ4n) is 8.59. The van der Waals surface area contributed by atoms with E-state index in [9.17, 15) is 9.59 Å². The third-order valence-corrected chi connectivity index (χ3v) is 9.81. The maximum absolute atomic E-state index is 13.2. The van der Waals surface area contributed by atoms with Crippen LogP contribution < -0.4 is 20.1 Å². The molecule has 0 unspecified atom stereocenters. The summed E-state index contributed by atoms with van der Waals surface area (Å²) in [6.45, 7) is 6.69. The highest BCUT2D eigenvalue weighted by molar-refractivity contribution is 5.95. The second kappa shape index (κ2) is 9.45. The molecule has 1 aromatic carbocycles. The van der Waals surface area contributed by atoms with Crippen molar-refractivity contribution in [1.29, 1.82) is 0 Å². The first-order valence-corrected chi connectivity index (χ1v) is 14.3. The summed E-state index contributed by atoms with van der Waals surface area (Å²) >= 11 is 0. The molecule has 4 saturated carbocycles. The third-order valence-electron chi connectivity index (χ3n) is 9.81. The van der Waals surface area contributed by atoms with Crippen molar-refractivity contribution < 1.29 is 23.8 Å². The van der Waals surface area contributed by atoms with E-state index in [4.69, 9.17) is 14.2 Å². The van der Waals surface area contributed by atoms with Crippen LogP contribution in [0.4, 0.5) is 4.79 Å². The number of benzene rings is 1. The highest BCUT2D eigenvalue weighted by Crippen LogP contribution is 2.57. The Bertz CT molecular complexity index is 1120.